The van der Waals surface area contributed by atoms with E-state index in [0.29, 0.717) is 0 Å². The Hall–Kier alpha value is 0.747. The summed E-state index contributed by atoms with van der Waals surface area (Å²) in [7, 11) is 0.558. The van der Waals surface area contributed by atoms with Gasteiger partial charge in [0.25, 0.3) is 0 Å². The average Bonchev–Trinajstić information content (AvgIpc) is 1.65. The van der Waals surface area contributed by atoms with Crippen LogP contribution in [0.4, 0.5) is 0 Å². The molecule has 0 aromatic carbocycles. The van der Waals surface area contributed by atoms with Crippen molar-refractivity contribution in [2.75, 3.05) is 14.2 Å². The molecule has 0 aliphatic heterocycles. The van der Waals surface area contributed by atoms with Gasteiger partial charge in [0, 0.05) is 14.2 Å². The number of hydrogen-bond donors (Lipinski definition) is 0. The minimum atomic E-state index is -2.12. The van der Waals surface area contributed by atoms with Gasteiger partial charge in [-0.2, -0.15) is 0 Å². The van der Waals surface area contributed by atoms with Gasteiger partial charge in [0.15, 0.2) is 0 Å². The Kier molecular flexibility index (Phi) is 10.3. The SMILES string of the molecule is CO[PH](=O)OC.[LiH]. The monoisotopic (exact) mass is 118 g/mol. The normalized spacial score (nSPS) is 8.43. The fourth-order valence-corrected chi connectivity index (χ4v) is 0.250. The van der Waals surface area contributed by atoms with Gasteiger partial charge < -0.3 is 9.05 Å². The summed E-state index contributed by atoms with van der Waals surface area (Å²) in [4.78, 5) is 0. The van der Waals surface area contributed by atoms with Crippen LogP contribution in [0.5, 0.6) is 0 Å². The van der Waals surface area contributed by atoms with Crippen molar-refractivity contribution in [1.82, 2.24) is 0 Å². The van der Waals surface area contributed by atoms with Gasteiger partial charge in [-0.15, -0.1) is 0 Å². The predicted octanol–water partition coefficient (Wildman–Crippen LogP) is 0.0204. The Balaban J connectivity index is 0. The molecule has 3 nitrogen and oxygen atoms in total. The molecular formula is C2H8LiO3P. The van der Waals surface area contributed by atoms with E-state index >= 15 is 0 Å². The molecule has 7 heavy (non-hydrogen) atoms. The molecule has 0 aromatic heterocycles. The maximum absolute atomic E-state index is 9.92. The van der Waals surface area contributed by atoms with Crippen LogP contribution in [0.25, 0.3) is 0 Å². The second kappa shape index (κ2) is 6.75. The Morgan fingerprint density at radius 1 is 1.29 bits per heavy atom. The Morgan fingerprint density at radius 2 is 1.57 bits per heavy atom. The van der Waals surface area contributed by atoms with Gasteiger partial charge in [0.1, 0.15) is 0 Å². The first-order chi connectivity index (χ1) is 2.81. The van der Waals surface area contributed by atoms with Crippen LogP contribution in [0.15, 0.2) is 0 Å². The molecular weight excluding hydrogens is 110 g/mol. The van der Waals surface area contributed by atoms with E-state index < -0.39 is 8.25 Å². The summed E-state index contributed by atoms with van der Waals surface area (Å²) in [5.41, 5.74) is 0. The zero-order valence-electron chi connectivity index (χ0n) is 3.72. The summed E-state index contributed by atoms with van der Waals surface area (Å²) < 4.78 is 18.4. The van der Waals surface area contributed by atoms with Gasteiger partial charge in [0.05, 0.1) is 0 Å². The predicted molar refractivity (Wildman–Crippen MR) is 30.2 cm³/mol. The van der Waals surface area contributed by atoms with E-state index in [1.54, 1.807) is 0 Å². The van der Waals surface area contributed by atoms with Crippen molar-refractivity contribution < 1.29 is 13.6 Å². The summed E-state index contributed by atoms with van der Waals surface area (Å²) in [6, 6.07) is 0. The molecule has 0 radical (unpaired) electrons. The molecule has 0 aromatic rings. The van der Waals surface area contributed by atoms with E-state index in [1.165, 1.54) is 14.2 Å². The molecule has 0 rings (SSSR count). The Labute approximate surface area is 55.5 Å². The van der Waals surface area contributed by atoms with Crippen LogP contribution in [0, 0.1) is 0 Å². The van der Waals surface area contributed by atoms with Crippen molar-refractivity contribution in [3.8, 4) is 0 Å². The van der Waals surface area contributed by atoms with Gasteiger partial charge in [-0.1, -0.05) is 0 Å². The van der Waals surface area contributed by atoms with E-state index in [1.807, 2.05) is 0 Å². The quantitative estimate of drug-likeness (QED) is 0.378. The van der Waals surface area contributed by atoms with E-state index in [-0.39, 0.29) is 18.9 Å². The molecule has 0 saturated heterocycles. The van der Waals surface area contributed by atoms with Crippen molar-refractivity contribution in [3.63, 3.8) is 0 Å². The molecule has 0 bridgehead atoms. The molecule has 0 heterocycles. The van der Waals surface area contributed by atoms with Crippen LogP contribution >= 0.6 is 8.25 Å². The van der Waals surface area contributed by atoms with E-state index in [0.717, 1.165) is 0 Å². The first kappa shape index (κ1) is 10.7. The fourth-order valence-electron chi connectivity index (χ4n) is 0.0833. The molecule has 0 N–H and O–H groups in total. The average molecular weight is 118 g/mol. The van der Waals surface area contributed by atoms with Crippen molar-refractivity contribution >= 4 is 27.1 Å². The van der Waals surface area contributed by atoms with Gasteiger partial charge in [-0.25, -0.2) is 0 Å². The first-order valence-electron chi connectivity index (χ1n) is 1.43. The van der Waals surface area contributed by atoms with Gasteiger partial charge in [0.2, 0.25) is 0 Å². The molecule has 0 atom stereocenters. The standard InChI is InChI=1S/C2H7O3P.Li.H/c1-4-6(3)5-2;;/h6H,1-2H3;;. The molecule has 0 aliphatic rings. The van der Waals surface area contributed by atoms with Crippen LogP contribution in [0.3, 0.4) is 0 Å². The van der Waals surface area contributed by atoms with Gasteiger partial charge >= 0.3 is 27.1 Å². The van der Waals surface area contributed by atoms with Crippen molar-refractivity contribution in [3.05, 3.63) is 0 Å². The first-order valence-corrected chi connectivity index (χ1v) is 2.65. The van der Waals surface area contributed by atoms with Gasteiger partial charge in [-0.3, -0.25) is 4.57 Å². The second-order valence-corrected chi connectivity index (χ2v) is 1.97. The van der Waals surface area contributed by atoms with E-state index in [9.17, 15) is 4.57 Å². The summed E-state index contributed by atoms with van der Waals surface area (Å²) in [5, 5.41) is 0. The van der Waals surface area contributed by atoms with Gasteiger partial charge in [-0.05, 0) is 0 Å². The number of hydrogen-bond acceptors (Lipinski definition) is 3. The molecule has 0 fully saturated rings. The van der Waals surface area contributed by atoms with Crippen LogP contribution in [0.1, 0.15) is 0 Å². The molecule has 0 saturated carbocycles. The summed E-state index contributed by atoms with van der Waals surface area (Å²) in [6.45, 7) is 0. The Morgan fingerprint density at radius 3 is 1.57 bits per heavy atom. The maximum atomic E-state index is 9.92. The molecule has 40 valence electrons. The minimum absolute atomic E-state index is 0. The number of rotatable bonds is 2. The summed E-state index contributed by atoms with van der Waals surface area (Å²) in [5.74, 6) is 0. The van der Waals surface area contributed by atoms with Crippen molar-refractivity contribution in [2.45, 2.75) is 0 Å². The molecule has 0 unspecified atom stereocenters. The second-order valence-electron chi connectivity index (χ2n) is 0.658. The molecule has 0 spiro atoms. The van der Waals surface area contributed by atoms with E-state index in [2.05, 4.69) is 9.05 Å². The zero-order chi connectivity index (χ0) is 4.99. The van der Waals surface area contributed by atoms with Crippen LogP contribution < -0.4 is 0 Å². The molecule has 5 heteroatoms. The van der Waals surface area contributed by atoms with E-state index in [4.69, 9.17) is 0 Å². The summed E-state index contributed by atoms with van der Waals surface area (Å²) >= 11 is 0. The van der Waals surface area contributed by atoms with Crippen LogP contribution in [-0.4, -0.2) is 33.1 Å². The third-order valence-electron chi connectivity index (χ3n) is 0.333. The van der Waals surface area contributed by atoms with Crippen LogP contribution in [0.2, 0.25) is 0 Å². The third-order valence-corrected chi connectivity index (χ3v) is 1.00. The van der Waals surface area contributed by atoms with Crippen LogP contribution in [-0.2, 0) is 13.6 Å². The van der Waals surface area contributed by atoms with Crippen molar-refractivity contribution in [2.24, 2.45) is 0 Å². The third kappa shape index (κ3) is 6.75. The molecule has 0 amide bonds. The molecule has 0 aliphatic carbocycles. The topological polar surface area (TPSA) is 35.5 Å². The van der Waals surface area contributed by atoms with Crippen molar-refractivity contribution in [1.29, 1.82) is 0 Å². The fraction of sp³-hybridized carbons (Fsp3) is 1.00. The Bertz CT molecular complexity index is 50.9. The summed E-state index contributed by atoms with van der Waals surface area (Å²) in [6.07, 6.45) is 0. The zero-order valence-corrected chi connectivity index (χ0v) is 4.72.